The van der Waals surface area contributed by atoms with Gasteiger partial charge in [-0.1, -0.05) is 6.07 Å². The number of aliphatic hydroxyl groups excluding tert-OH is 1. The van der Waals surface area contributed by atoms with Gasteiger partial charge in [0.25, 0.3) is 0 Å². The Balaban J connectivity index is 2.34. The quantitative estimate of drug-likeness (QED) is 0.866. The Bertz CT molecular complexity index is 458. The monoisotopic (exact) mass is 244 g/mol. The van der Waals surface area contributed by atoms with Gasteiger partial charge in [0.1, 0.15) is 0 Å². The molecule has 1 fully saturated rings. The number of aliphatic hydroxyl groups is 1. The molecule has 0 heterocycles. The third kappa shape index (κ3) is 2.83. The molecular formula is C15H20N2O. The number of nitriles is 1. The van der Waals surface area contributed by atoms with Gasteiger partial charge in [0.15, 0.2) is 0 Å². The summed E-state index contributed by atoms with van der Waals surface area (Å²) >= 11 is 0. The summed E-state index contributed by atoms with van der Waals surface area (Å²) in [6.07, 6.45) is 2.11. The van der Waals surface area contributed by atoms with Gasteiger partial charge in [-0.3, -0.25) is 0 Å². The average molecular weight is 244 g/mol. The average Bonchev–Trinajstić information content (AvgIpc) is 3.19. The van der Waals surface area contributed by atoms with Crippen molar-refractivity contribution in [3.63, 3.8) is 0 Å². The van der Waals surface area contributed by atoms with Crippen molar-refractivity contribution < 1.29 is 5.11 Å². The van der Waals surface area contributed by atoms with Crippen molar-refractivity contribution in [1.82, 2.24) is 0 Å². The smallest absolute Gasteiger partial charge is 0.0992 e. The molecule has 18 heavy (non-hydrogen) atoms. The van der Waals surface area contributed by atoms with Crippen LogP contribution < -0.4 is 4.90 Å². The molecule has 0 unspecified atom stereocenters. The third-order valence-electron chi connectivity index (χ3n) is 3.51. The Labute approximate surface area is 109 Å². The number of hydrogen-bond donors (Lipinski definition) is 1. The van der Waals surface area contributed by atoms with E-state index in [-0.39, 0.29) is 0 Å². The lowest BCUT2D eigenvalue weighted by atomic mass is 10.0. The molecule has 3 heteroatoms. The lowest BCUT2D eigenvalue weighted by Gasteiger charge is -2.27. The van der Waals surface area contributed by atoms with Crippen molar-refractivity contribution in [2.45, 2.75) is 32.8 Å². The molecule has 3 nitrogen and oxygen atoms in total. The van der Waals surface area contributed by atoms with Gasteiger partial charge in [0.2, 0.25) is 0 Å². The summed E-state index contributed by atoms with van der Waals surface area (Å²) in [5, 5.41) is 18.9. The minimum absolute atomic E-state index is 0.499. The molecule has 0 radical (unpaired) electrons. The molecule has 0 aromatic heterocycles. The van der Waals surface area contributed by atoms with E-state index in [1.807, 2.05) is 12.1 Å². The second-order valence-electron chi connectivity index (χ2n) is 5.04. The molecule has 0 bridgehead atoms. The Morgan fingerprint density at radius 3 is 2.72 bits per heavy atom. The van der Waals surface area contributed by atoms with Crippen LogP contribution in [0.1, 0.15) is 43.9 Å². The van der Waals surface area contributed by atoms with Crippen molar-refractivity contribution in [3.05, 3.63) is 29.3 Å². The van der Waals surface area contributed by atoms with E-state index in [1.165, 1.54) is 12.8 Å². The summed E-state index contributed by atoms with van der Waals surface area (Å²) in [4.78, 5) is 2.28. The first kappa shape index (κ1) is 12.9. The van der Waals surface area contributed by atoms with Crippen LogP contribution in [0.5, 0.6) is 0 Å². The summed E-state index contributed by atoms with van der Waals surface area (Å²) in [5.41, 5.74) is 2.58. The van der Waals surface area contributed by atoms with Crippen LogP contribution in [0.25, 0.3) is 0 Å². The van der Waals surface area contributed by atoms with Crippen LogP contribution in [0.3, 0.4) is 0 Å². The molecule has 0 aliphatic heterocycles. The van der Waals surface area contributed by atoms with E-state index in [9.17, 15) is 5.11 Å². The topological polar surface area (TPSA) is 47.3 Å². The Kier molecular flexibility index (Phi) is 3.88. The van der Waals surface area contributed by atoms with Crippen LogP contribution in [0.15, 0.2) is 18.2 Å². The maximum atomic E-state index is 9.85. The van der Waals surface area contributed by atoms with Crippen LogP contribution in [-0.4, -0.2) is 18.2 Å². The van der Waals surface area contributed by atoms with Crippen molar-refractivity contribution in [3.8, 4) is 6.07 Å². The number of nitrogens with zero attached hydrogens (tertiary/aromatic N) is 2. The van der Waals surface area contributed by atoms with Gasteiger partial charge in [-0.15, -0.1) is 0 Å². The molecule has 1 aliphatic rings. The maximum Gasteiger partial charge on any atom is 0.0992 e. The molecule has 1 N–H and O–H groups in total. The van der Waals surface area contributed by atoms with Crippen LogP contribution in [0.2, 0.25) is 0 Å². The maximum absolute atomic E-state index is 9.85. The zero-order valence-electron chi connectivity index (χ0n) is 11.1. The fraction of sp³-hybridized carbons (Fsp3) is 0.533. The van der Waals surface area contributed by atoms with E-state index in [0.29, 0.717) is 5.56 Å². The van der Waals surface area contributed by atoms with E-state index in [4.69, 9.17) is 5.26 Å². The van der Waals surface area contributed by atoms with E-state index in [1.54, 1.807) is 13.0 Å². The summed E-state index contributed by atoms with van der Waals surface area (Å²) < 4.78 is 0. The molecular weight excluding hydrogens is 224 g/mol. The van der Waals surface area contributed by atoms with Gasteiger partial charge in [0.05, 0.1) is 17.7 Å². The molecule has 0 spiro atoms. The van der Waals surface area contributed by atoms with Crippen LogP contribution in [0.4, 0.5) is 5.69 Å². The van der Waals surface area contributed by atoms with Crippen molar-refractivity contribution in [2.75, 3.05) is 18.0 Å². The third-order valence-corrected chi connectivity index (χ3v) is 3.51. The molecule has 1 atom stereocenters. The van der Waals surface area contributed by atoms with E-state index in [2.05, 4.69) is 17.9 Å². The number of hydrogen-bond acceptors (Lipinski definition) is 3. The zero-order chi connectivity index (χ0) is 13.1. The van der Waals surface area contributed by atoms with Gasteiger partial charge in [-0.2, -0.15) is 5.26 Å². The Morgan fingerprint density at radius 2 is 2.22 bits per heavy atom. The van der Waals surface area contributed by atoms with Gasteiger partial charge in [-0.05, 0) is 44.7 Å². The Morgan fingerprint density at radius 1 is 1.50 bits per heavy atom. The molecule has 2 rings (SSSR count). The Hall–Kier alpha value is -1.53. The highest BCUT2D eigenvalue weighted by Crippen LogP contribution is 2.34. The normalized spacial score (nSPS) is 16.1. The zero-order valence-corrected chi connectivity index (χ0v) is 11.1. The van der Waals surface area contributed by atoms with Crippen LogP contribution in [0, 0.1) is 17.2 Å². The second-order valence-corrected chi connectivity index (χ2v) is 5.04. The summed E-state index contributed by atoms with van der Waals surface area (Å²) in [6.45, 7) is 5.83. The van der Waals surface area contributed by atoms with E-state index >= 15 is 0 Å². The summed E-state index contributed by atoms with van der Waals surface area (Å²) in [6, 6.07) is 7.71. The number of rotatable bonds is 5. The molecule has 0 amide bonds. The van der Waals surface area contributed by atoms with Gasteiger partial charge in [0, 0.05) is 24.3 Å². The van der Waals surface area contributed by atoms with Crippen molar-refractivity contribution in [2.24, 2.45) is 5.92 Å². The van der Waals surface area contributed by atoms with Crippen LogP contribution >= 0.6 is 0 Å². The van der Waals surface area contributed by atoms with Gasteiger partial charge in [-0.25, -0.2) is 0 Å². The highest BCUT2D eigenvalue weighted by atomic mass is 16.3. The largest absolute Gasteiger partial charge is 0.389 e. The molecule has 1 aromatic carbocycles. The lowest BCUT2D eigenvalue weighted by molar-refractivity contribution is 0.199. The molecule has 0 saturated heterocycles. The highest BCUT2D eigenvalue weighted by Gasteiger charge is 2.25. The number of benzene rings is 1. The molecule has 1 saturated carbocycles. The van der Waals surface area contributed by atoms with Crippen molar-refractivity contribution in [1.29, 1.82) is 5.26 Å². The van der Waals surface area contributed by atoms with E-state index in [0.717, 1.165) is 30.3 Å². The van der Waals surface area contributed by atoms with Crippen molar-refractivity contribution >= 4 is 5.69 Å². The fourth-order valence-electron chi connectivity index (χ4n) is 2.25. The SMILES string of the molecule is CCN(CC1CC1)c1cc(C#N)ccc1[C@H](C)O. The van der Waals surface area contributed by atoms with E-state index < -0.39 is 6.10 Å². The van der Waals surface area contributed by atoms with Gasteiger partial charge >= 0.3 is 0 Å². The summed E-state index contributed by atoms with van der Waals surface area (Å²) in [7, 11) is 0. The fourth-order valence-corrected chi connectivity index (χ4v) is 2.25. The highest BCUT2D eigenvalue weighted by molar-refractivity contribution is 5.58. The second kappa shape index (κ2) is 5.41. The first-order chi connectivity index (χ1) is 8.65. The molecule has 1 aliphatic carbocycles. The lowest BCUT2D eigenvalue weighted by Crippen LogP contribution is -2.26. The number of anilines is 1. The predicted octanol–water partition coefficient (Wildman–Crippen LogP) is 2.85. The predicted molar refractivity (Wildman–Crippen MR) is 72.4 cm³/mol. The molecule has 96 valence electrons. The summed E-state index contributed by atoms with van der Waals surface area (Å²) in [5.74, 6) is 0.789. The van der Waals surface area contributed by atoms with Gasteiger partial charge < -0.3 is 10.0 Å². The first-order valence-corrected chi connectivity index (χ1v) is 6.62. The van der Waals surface area contributed by atoms with Crippen LogP contribution in [-0.2, 0) is 0 Å². The minimum atomic E-state index is -0.499. The standard InChI is InChI=1S/C15H20N2O/c1-3-17(10-12-4-5-12)15-8-13(9-16)6-7-14(15)11(2)18/h6-8,11-12,18H,3-5,10H2,1-2H3/t11-/m0/s1. The molecule has 1 aromatic rings. The minimum Gasteiger partial charge on any atom is -0.389 e. The first-order valence-electron chi connectivity index (χ1n) is 6.62.